The Morgan fingerprint density at radius 2 is 1.79 bits per heavy atom. The minimum absolute atomic E-state index is 0.0493. The van der Waals surface area contributed by atoms with Gasteiger partial charge in [0.2, 0.25) is 0 Å². The highest BCUT2D eigenvalue weighted by atomic mass is 32.2. The third kappa shape index (κ3) is 4.39. The zero-order valence-corrected chi connectivity index (χ0v) is 9.60. The molecule has 14 heavy (non-hydrogen) atoms. The molecular formula is C7H14O5S2. The van der Waals surface area contributed by atoms with Gasteiger partial charge in [0.1, 0.15) is 9.84 Å². The lowest BCUT2D eigenvalue weighted by atomic mass is 10.1. The van der Waals surface area contributed by atoms with Gasteiger partial charge >= 0.3 is 0 Å². The lowest BCUT2D eigenvalue weighted by molar-refractivity contribution is 0.245. The highest BCUT2D eigenvalue weighted by molar-refractivity contribution is 7.91. The predicted octanol–water partition coefficient (Wildman–Crippen LogP) is -0.213. The van der Waals surface area contributed by atoms with Crippen molar-refractivity contribution < 1.29 is 21.0 Å². The van der Waals surface area contributed by atoms with E-state index in [1.807, 2.05) is 0 Å². The van der Waals surface area contributed by atoms with Crippen LogP contribution < -0.4 is 0 Å². The van der Waals surface area contributed by atoms with Crippen LogP contribution in [0, 0.1) is 5.92 Å². The quantitative estimate of drug-likeness (QED) is 0.640. The fraction of sp³-hybridized carbons (Fsp3) is 1.00. The summed E-state index contributed by atoms with van der Waals surface area (Å²) in [7, 11) is -6.28. The molecule has 1 heterocycles. The summed E-state index contributed by atoms with van der Waals surface area (Å²) in [6.45, 7) is 0.106. The van der Waals surface area contributed by atoms with E-state index in [9.17, 15) is 16.8 Å². The molecule has 1 aliphatic rings. The van der Waals surface area contributed by atoms with Crippen LogP contribution in [0.5, 0.6) is 0 Å². The Bertz CT molecular complexity index is 366. The molecule has 0 N–H and O–H groups in total. The molecule has 0 bridgehead atoms. The first kappa shape index (κ1) is 11.9. The first-order valence-corrected chi connectivity index (χ1v) is 7.97. The maximum absolute atomic E-state index is 11.0. The summed E-state index contributed by atoms with van der Waals surface area (Å²) in [5, 5.41) is 0. The van der Waals surface area contributed by atoms with E-state index in [4.69, 9.17) is 0 Å². The summed E-state index contributed by atoms with van der Waals surface area (Å²) < 4.78 is 48.0. The molecule has 7 heteroatoms. The predicted molar refractivity (Wildman–Crippen MR) is 52.2 cm³/mol. The molecule has 0 unspecified atom stereocenters. The maximum Gasteiger partial charge on any atom is 0.264 e. The van der Waals surface area contributed by atoms with Gasteiger partial charge in [0, 0.05) is 0 Å². The van der Waals surface area contributed by atoms with Crippen LogP contribution in [0.4, 0.5) is 0 Å². The molecule has 0 aromatic carbocycles. The van der Waals surface area contributed by atoms with Gasteiger partial charge in [-0.1, -0.05) is 0 Å². The first-order valence-electron chi connectivity index (χ1n) is 4.33. The van der Waals surface area contributed by atoms with Crippen molar-refractivity contribution in [2.24, 2.45) is 5.92 Å². The van der Waals surface area contributed by atoms with E-state index >= 15 is 0 Å². The SMILES string of the molecule is CS(=O)(=O)OCC1CCS(=O)(=O)CC1. The molecule has 0 atom stereocenters. The molecule has 84 valence electrons. The largest absolute Gasteiger partial charge is 0.270 e. The number of hydrogen-bond acceptors (Lipinski definition) is 5. The van der Waals surface area contributed by atoms with Crippen molar-refractivity contribution in [1.29, 1.82) is 0 Å². The van der Waals surface area contributed by atoms with Crippen LogP contribution in [0.25, 0.3) is 0 Å². The van der Waals surface area contributed by atoms with Crippen LogP contribution in [0.15, 0.2) is 0 Å². The molecule has 1 rings (SSSR count). The third-order valence-corrected chi connectivity index (χ3v) is 4.47. The number of rotatable bonds is 3. The number of sulfone groups is 1. The van der Waals surface area contributed by atoms with Gasteiger partial charge in [0.25, 0.3) is 10.1 Å². The lowest BCUT2D eigenvalue weighted by Gasteiger charge is -2.20. The average Bonchev–Trinajstić information content (AvgIpc) is 2.01. The minimum atomic E-state index is -3.40. The highest BCUT2D eigenvalue weighted by Crippen LogP contribution is 2.19. The van der Waals surface area contributed by atoms with E-state index in [-0.39, 0.29) is 24.0 Å². The molecule has 0 radical (unpaired) electrons. The van der Waals surface area contributed by atoms with Crippen molar-refractivity contribution >= 4 is 20.0 Å². The molecule has 1 saturated heterocycles. The summed E-state index contributed by atoms with van der Waals surface area (Å²) in [5.74, 6) is 0.337. The Labute approximate surface area is 84.5 Å². The van der Waals surface area contributed by atoms with Gasteiger partial charge in [-0.2, -0.15) is 8.42 Å². The molecular weight excluding hydrogens is 228 g/mol. The summed E-state index contributed by atoms with van der Waals surface area (Å²) in [6, 6.07) is 0. The van der Waals surface area contributed by atoms with E-state index < -0.39 is 20.0 Å². The molecule has 0 spiro atoms. The van der Waals surface area contributed by atoms with Crippen LogP contribution >= 0.6 is 0 Å². The Balaban J connectivity index is 2.37. The third-order valence-electron chi connectivity index (χ3n) is 2.19. The normalized spacial score (nSPS) is 23.5. The van der Waals surface area contributed by atoms with Crippen molar-refractivity contribution in [2.45, 2.75) is 12.8 Å². The molecule has 5 nitrogen and oxygen atoms in total. The maximum atomic E-state index is 11.0. The topological polar surface area (TPSA) is 77.5 Å². The van der Waals surface area contributed by atoms with Crippen LogP contribution in [-0.4, -0.2) is 41.2 Å². The van der Waals surface area contributed by atoms with Crippen LogP contribution in [-0.2, 0) is 24.1 Å². The highest BCUT2D eigenvalue weighted by Gasteiger charge is 2.24. The molecule has 0 aliphatic carbocycles. The van der Waals surface area contributed by atoms with Crippen molar-refractivity contribution in [3.63, 3.8) is 0 Å². The van der Waals surface area contributed by atoms with Crippen molar-refractivity contribution in [3.8, 4) is 0 Å². The molecule has 1 fully saturated rings. The number of hydrogen-bond donors (Lipinski definition) is 0. The summed E-state index contributed by atoms with van der Waals surface area (Å²) in [4.78, 5) is 0. The fourth-order valence-corrected chi connectivity index (χ4v) is 3.35. The molecule has 0 amide bonds. The summed E-state index contributed by atoms with van der Waals surface area (Å²) >= 11 is 0. The van der Waals surface area contributed by atoms with E-state index in [2.05, 4.69) is 4.18 Å². The minimum Gasteiger partial charge on any atom is -0.270 e. The van der Waals surface area contributed by atoms with Gasteiger partial charge in [0.15, 0.2) is 0 Å². The van der Waals surface area contributed by atoms with E-state index in [0.717, 1.165) is 6.26 Å². The second-order valence-electron chi connectivity index (χ2n) is 3.58. The molecule has 1 aliphatic heterocycles. The average molecular weight is 242 g/mol. The van der Waals surface area contributed by atoms with Crippen molar-refractivity contribution in [3.05, 3.63) is 0 Å². The van der Waals surface area contributed by atoms with Gasteiger partial charge in [-0.25, -0.2) is 8.42 Å². The van der Waals surface area contributed by atoms with Gasteiger partial charge in [-0.3, -0.25) is 4.18 Å². The lowest BCUT2D eigenvalue weighted by Crippen LogP contribution is -2.26. The Hall–Kier alpha value is -0.140. The second kappa shape index (κ2) is 4.16. The first-order chi connectivity index (χ1) is 6.29. The Morgan fingerprint density at radius 3 is 2.21 bits per heavy atom. The van der Waals surface area contributed by atoms with Gasteiger partial charge in [-0.05, 0) is 18.8 Å². The smallest absolute Gasteiger partial charge is 0.264 e. The zero-order valence-electron chi connectivity index (χ0n) is 7.97. The molecule has 0 saturated carbocycles. The summed E-state index contributed by atoms with van der Waals surface area (Å²) in [6.07, 6.45) is 1.99. The standard InChI is InChI=1S/C7H14O5S2/c1-13(8,9)12-6-7-2-4-14(10,11)5-3-7/h7H,2-6H2,1H3. The Kier molecular flexibility index (Phi) is 3.54. The van der Waals surface area contributed by atoms with Crippen molar-refractivity contribution in [2.75, 3.05) is 24.4 Å². The van der Waals surface area contributed by atoms with Crippen LogP contribution in [0.3, 0.4) is 0 Å². The van der Waals surface area contributed by atoms with Crippen LogP contribution in [0.1, 0.15) is 12.8 Å². The summed E-state index contributed by atoms with van der Waals surface area (Å²) in [5.41, 5.74) is 0. The fourth-order valence-electron chi connectivity index (χ4n) is 1.33. The van der Waals surface area contributed by atoms with E-state index in [1.54, 1.807) is 0 Å². The van der Waals surface area contributed by atoms with E-state index in [1.165, 1.54) is 0 Å². The zero-order chi connectivity index (χ0) is 10.8. The van der Waals surface area contributed by atoms with Gasteiger partial charge < -0.3 is 0 Å². The molecule has 0 aromatic rings. The van der Waals surface area contributed by atoms with Crippen molar-refractivity contribution in [1.82, 2.24) is 0 Å². The second-order valence-corrected chi connectivity index (χ2v) is 7.53. The Morgan fingerprint density at radius 1 is 1.29 bits per heavy atom. The van der Waals surface area contributed by atoms with Gasteiger partial charge in [-0.15, -0.1) is 0 Å². The van der Waals surface area contributed by atoms with Gasteiger partial charge in [0.05, 0.1) is 24.4 Å². The monoisotopic (exact) mass is 242 g/mol. The molecule has 0 aromatic heterocycles. The van der Waals surface area contributed by atoms with Crippen LogP contribution in [0.2, 0.25) is 0 Å². The van der Waals surface area contributed by atoms with E-state index in [0.29, 0.717) is 12.8 Å².